The minimum Gasteiger partial charge on any atom is -0.340 e. The van der Waals surface area contributed by atoms with Gasteiger partial charge in [0.15, 0.2) is 0 Å². The van der Waals surface area contributed by atoms with Gasteiger partial charge in [0.25, 0.3) is 0 Å². The number of carbonyl (C=O) groups is 1. The van der Waals surface area contributed by atoms with E-state index in [1.165, 1.54) is 30.8 Å². The molecule has 0 spiro atoms. The number of hydrogen-bond acceptors (Lipinski definition) is 6. The summed E-state index contributed by atoms with van der Waals surface area (Å²) >= 11 is 7.51. The van der Waals surface area contributed by atoms with Gasteiger partial charge in [0, 0.05) is 29.7 Å². The Morgan fingerprint density at radius 3 is 2.91 bits per heavy atom. The molecule has 32 heavy (non-hydrogen) atoms. The van der Waals surface area contributed by atoms with Crippen LogP contribution in [0.5, 0.6) is 0 Å². The van der Waals surface area contributed by atoms with Gasteiger partial charge in [-0.2, -0.15) is 0 Å². The zero-order valence-corrected chi connectivity index (χ0v) is 19.1. The van der Waals surface area contributed by atoms with E-state index in [4.69, 9.17) is 11.6 Å². The van der Waals surface area contributed by atoms with Crippen molar-refractivity contribution in [2.45, 2.75) is 25.8 Å². The number of benzene rings is 1. The van der Waals surface area contributed by atoms with Crippen molar-refractivity contribution in [1.29, 1.82) is 0 Å². The first kappa shape index (κ1) is 21.3. The monoisotopic (exact) mass is 471 g/mol. The molecule has 0 bridgehead atoms. The molecule has 0 radical (unpaired) electrons. The van der Waals surface area contributed by atoms with Crippen molar-refractivity contribution in [1.82, 2.24) is 19.8 Å². The van der Waals surface area contributed by atoms with Crippen LogP contribution in [0.3, 0.4) is 0 Å². The fourth-order valence-corrected chi connectivity index (χ4v) is 5.68. The van der Waals surface area contributed by atoms with E-state index in [1.807, 2.05) is 11.0 Å². The van der Waals surface area contributed by atoms with Crippen molar-refractivity contribution in [3.8, 4) is 0 Å². The Morgan fingerprint density at radius 1 is 1.25 bits per heavy atom. The number of thiophene rings is 1. The maximum atomic E-state index is 13.5. The maximum Gasteiger partial charge on any atom is 0.246 e. The molecule has 5 rings (SSSR count). The lowest BCUT2D eigenvalue weighted by atomic mass is 10.0. The molecule has 1 aromatic carbocycles. The summed E-state index contributed by atoms with van der Waals surface area (Å²) in [5.74, 6) is 0.260. The summed E-state index contributed by atoms with van der Waals surface area (Å²) in [6, 6.07) is 4.49. The Kier molecular flexibility index (Phi) is 6.08. The number of amides is 1. The SMILES string of the molecule is O=C(/C=C/CN1CCCC1)N1CCc2c(sc3ncnc(Nc4ccc(F)c(Cl)c4)c23)C1. The normalized spacial score (nSPS) is 16.8. The van der Waals surface area contributed by atoms with E-state index in [0.717, 1.165) is 41.1 Å². The Labute approximate surface area is 194 Å². The van der Waals surface area contributed by atoms with Crippen LogP contribution in [0.4, 0.5) is 15.9 Å². The Balaban J connectivity index is 1.34. The van der Waals surface area contributed by atoms with E-state index in [9.17, 15) is 9.18 Å². The number of rotatable bonds is 5. The fraction of sp³-hybridized carbons (Fsp3) is 0.348. The van der Waals surface area contributed by atoms with Gasteiger partial charge >= 0.3 is 0 Å². The number of aromatic nitrogens is 2. The molecule has 1 saturated heterocycles. The van der Waals surface area contributed by atoms with Crippen LogP contribution in [0.2, 0.25) is 5.02 Å². The molecular weight excluding hydrogens is 449 g/mol. The highest BCUT2D eigenvalue weighted by Crippen LogP contribution is 2.38. The van der Waals surface area contributed by atoms with Gasteiger partial charge < -0.3 is 10.2 Å². The summed E-state index contributed by atoms with van der Waals surface area (Å²) in [6.45, 7) is 4.31. The van der Waals surface area contributed by atoms with Crippen LogP contribution in [0.1, 0.15) is 23.3 Å². The molecule has 2 aromatic heterocycles. The molecule has 0 aliphatic carbocycles. The molecule has 0 unspecified atom stereocenters. The summed E-state index contributed by atoms with van der Waals surface area (Å²) in [7, 11) is 0. The summed E-state index contributed by atoms with van der Waals surface area (Å²) < 4.78 is 13.5. The van der Waals surface area contributed by atoms with Crippen molar-refractivity contribution >= 4 is 50.6 Å². The highest BCUT2D eigenvalue weighted by molar-refractivity contribution is 7.19. The predicted molar refractivity (Wildman–Crippen MR) is 126 cm³/mol. The van der Waals surface area contributed by atoms with E-state index >= 15 is 0 Å². The van der Waals surface area contributed by atoms with E-state index < -0.39 is 5.82 Å². The van der Waals surface area contributed by atoms with Gasteiger partial charge in [-0.1, -0.05) is 17.7 Å². The van der Waals surface area contributed by atoms with Crippen LogP contribution in [0.15, 0.2) is 36.7 Å². The number of anilines is 2. The summed E-state index contributed by atoms with van der Waals surface area (Å²) in [5, 5.41) is 4.27. The average molecular weight is 472 g/mol. The standard InChI is InChI=1S/C23H23ClFN5OS/c24-17-12-15(5-6-18(17)25)28-22-21-16-7-11-30(13-19(16)32-23(21)27-14-26-22)20(31)4-3-10-29-8-1-2-9-29/h3-6,12,14H,1-2,7-11,13H2,(H,26,27,28)/b4-3+. The lowest BCUT2D eigenvalue weighted by Gasteiger charge is -2.26. The molecule has 1 amide bonds. The molecular formula is C23H23ClFN5OS. The summed E-state index contributed by atoms with van der Waals surface area (Å²) in [5.41, 5.74) is 1.83. The van der Waals surface area contributed by atoms with Crippen LogP contribution in [0, 0.1) is 5.82 Å². The lowest BCUT2D eigenvalue weighted by Crippen LogP contribution is -2.34. The number of carbonyl (C=O) groups excluding carboxylic acids is 1. The third-order valence-corrected chi connectivity index (χ3v) is 7.37. The molecule has 1 N–H and O–H groups in total. The minimum atomic E-state index is -0.461. The van der Waals surface area contributed by atoms with E-state index in [-0.39, 0.29) is 10.9 Å². The molecule has 3 aromatic rings. The summed E-state index contributed by atoms with van der Waals surface area (Å²) in [6.07, 6.45) is 8.44. The van der Waals surface area contributed by atoms with Crippen molar-refractivity contribution < 1.29 is 9.18 Å². The quantitative estimate of drug-likeness (QED) is 0.543. The second-order valence-corrected chi connectivity index (χ2v) is 9.57. The van der Waals surface area contributed by atoms with E-state index in [2.05, 4.69) is 20.2 Å². The molecule has 4 heterocycles. The Hall–Kier alpha value is -2.55. The molecule has 2 aliphatic heterocycles. The smallest absolute Gasteiger partial charge is 0.246 e. The molecule has 0 saturated carbocycles. The van der Waals surface area contributed by atoms with E-state index in [1.54, 1.807) is 29.5 Å². The average Bonchev–Trinajstić information content (AvgIpc) is 3.43. The molecule has 0 atom stereocenters. The van der Waals surface area contributed by atoms with Crippen LogP contribution >= 0.6 is 22.9 Å². The first-order valence-corrected chi connectivity index (χ1v) is 11.9. The molecule has 1 fully saturated rings. The molecule has 9 heteroatoms. The van der Waals surface area contributed by atoms with Gasteiger partial charge in [0.1, 0.15) is 22.8 Å². The second kappa shape index (κ2) is 9.13. The Bertz CT molecular complexity index is 1190. The van der Waals surface area contributed by atoms with Crippen LogP contribution in [-0.4, -0.2) is 51.9 Å². The summed E-state index contributed by atoms with van der Waals surface area (Å²) in [4.78, 5) is 27.8. The Morgan fingerprint density at radius 2 is 2.09 bits per heavy atom. The molecule has 166 valence electrons. The van der Waals surface area contributed by atoms with Crippen LogP contribution in [0.25, 0.3) is 10.2 Å². The number of nitrogens with zero attached hydrogens (tertiary/aromatic N) is 4. The lowest BCUT2D eigenvalue weighted by molar-refractivity contribution is -0.126. The van der Waals surface area contributed by atoms with Crippen LogP contribution in [-0.2, 0) is 17.8 Å². The maximum absolute atomic E-state index is 13.5. The van der Waals surface area contributed by atoms with Gasteiger partial charge in [-0.25, -0.2) is 14.4 Å². The number of halogens is 2. The number of likely N-dealkylation sites (tertiary alicyclic amines) is 1. The first-order chi connectivity index (χ1) is 15.6. The van der Waals surface area contributed by atoms with Crippen molar-refractivity contribution in [3.05, 3.63) is 58.0 Å². The van der Waals surface area contributed by atoms with Gasteiger partial charge in [0.2, 0.25) is 5.91 Å². The largest absolute Gasteiger partial charge is 0.340 e. The number of hydrogen-bond donors (Lipinski definition) is 1. The first-order valence-electron chi connectivity index (χ1n) is 10.7. The zero-order chi connectivity index (χ0) is 22.1. The van der Waals surface area contributed by atoms with Crippen LogP contribution < -0.4 is 5.32 Å². The third-order valence-electron chi connectivity index (χ3n) is 5.95. The topological polar surface area (TPSA) is 61.4 Å². The third kappa shape index (κ3) is 4.35. The van der Waals surface area contributed by atoms with Crippen molar-refractivity contribution in [2.75, 3.05) is 31.5 Å². The van der Waals surface area contributed by atoms with Gasteiger partial charge in [-0.15, -0.1) is 11.3 Å². The van der Waals surface area contributed by atoms with Gasteiger partial charge in [-0.05, 0) is 56.1 Å². The van der Waals surface area contributed by atoms with Crippen molar-refractivity contribution in [3.63, 3.8) is 0 Å². The van der Waals surface area contributed by atoms with Gasteiger partial charge in [0.05, 0.1) is 17.0 Å². The number of fused-ring (bicyclic) bond motifs is 3. The predicted octanol–water partition coefficient (Wildman–Crippen LogP) is 4.76. The molecule has 2 aliphatic rings. The number of nitrogens with one attached hydrogen (secondary N) is 1. The van der Waals surface area contributed by atoms with E-state index in [0.29, 0.717) is 24.6 Å². The zero-order valence-electron chi connectivity index (χ0n) is 17.5. The van der Waals surface area contributed by atoms with Crippen molar-refractivity contribution in [2.24, 2.45) is 0 Å². The minimum absolute atomic E-state index is 0.0534. The van der Waals surface area contributed by atoms with Gasteiger partial charge in [-0.3, -0.25) is 9.69 Å². The highest BCUT2D eigenvalue weighted by Gasteiger charge is 2.25. The fourth-order valence-electron chi connectivity index (χ4n) is 4.29. The second-order valence-electron chi connectivity index (χ2n) is 8.08. The highest BCUT2D eigenvalue weighted by atomic mass is 35.5. The molecule has 6 nitrogen and oxygen atoms in total.